The molecule has 0 saturated heterocycles. The highest BCUT2D eigenvalue weighted by molar-refractivity contribution is 7.99. The first-order valence-corrected chi connectivity index (χ1v) is 11.8. The zero-order valence-corrected chi connectivity index (χ0v) is 20.0. The molecule has 2 aromatic carbocycles. The van der Waals surface area contributed by atoms with Gasteiger partial charge < -0.3 is 10.2 Å². The van der Waals surface area contributed by atoms with E-state index < -0.39 is 0 Å². The Morgan fingerprint density at radius 1 is 1.09 bits per heavy atom. The molecule has 2 atom stereocenters. The summed E-state index contributed by atoms with van der Waals surface area (Å²) >= 11 is 1.31. The highest BCUT2D eigenvalue weighted by Gasteiger charge is 2.24. The molecule has 32 heavy (non-hydrogen) atoms. The summed E-state index contributed by atoms with van der Waals surface area (Å²) in [4.78, 5) is 13.7. The van der Waals surface area contributed by atoms with E-state index in [0.29, 0.717) is 11.1 Å². The molecular weight excluding hydrogens is 425 g/mol. The Balaban J connectivity index is 1.74. The third-order valence-electron chi connectivity index (χ3n) is 5.70. The Bertz CT molecular complexity index is 1030. The van der Waals surface area contributed by atoms with Crippen LogP contribution in [0, 0.1) is 5.82 Å². The molecule has 2 N–H and O–H groups in total. The van der Waals surface area contributed by atoms with Gasteiger partial charge in [-0.15, -0.1) is 10.2 Å². The number of hydrogen-bond acceptors (Lipinski definition) is 4. The number of rotatable bonds is 9. The molecule has 3 aromatic rings. The number of aromatic nitrogens is 3. The molecule has 0 aliphatic rings. The Hall–Kier alpha value is -2.71. The molecule has 1 amide bonds. The van der Waals surface area contributed by atoms with Crippen molar-refractivity contribution in [2.45, 2.75) is 44.3 Å². The standard InChI is InChI=1S/C24H30FN5OS/c1-6-16(2)18-7-11-20(12-8-18)26-22(31)15-32-24-28-27-23(17(3)29(4)5)30(24)21-13-9-19(25)10-14-21/h7-14,16-17H,6,15H2,1-5H3,(H,26,31)/p+1/t16-,17+/m1/s1. The predicted molar refractivity (Wildman–Crippen MR) is 127 cm³/mol. The summed E-state index contributed by atoms with van der Waals surface area (Å²) < 4.78 is 15.4. The number of carbonyl (C=O) groups excluding carboxylic acids is 1. The minimum atomic E-state index is -0.303. The number of carbonyl (C=O) groups is 1. The molecule has 0 unspecified atom stereocenters. The van der Waals surface area contributed by atoms with Crippen molar-refractivity contribution in [1.29, 1.82) is 0 Å². The summed E-state index contributed by atoms with van der Waals surface area (Å²) in [6.45, 7) is 6.41. The Kier molecular flexibility index (Phi) is 8.04. The van der Waals surface area contributed by atoms with E-state index >= 15 is 0 Å². The summed E-state index contributed by atoms with van der Waals surface area (Å²) in [6, 6.07) is 14.3. The van der Waals surface area contributed by atoms with Gasteiger partial charge in [0.1, 0.15) is 11.9 Å². The summed E-state index contributed by atoms with van der Waals surface area (Å²) in [5, 5.41) is 12.2. The van der Waals surface area contributed by atoms with Gasteiger partial charge in [0.2, 0.25) is 5.91 Å². The van der Waals surface area contributed by atoms with Crippen LogP contribution in [0.4, 0.5) is 10.1 Å². The maximum absolute atomic E-state index is 13.5. The number of hydrogen-bond donors (Lipinski definition) is 2. The van der Waals surface area contributed by atoms with Crippen molar-refractivity contribution < 1.29 is 14.1 Å². The number of benzene rings is 2. The minimum absolute atomic E-state index is 0.0692. The summed E-state index contributed by atoms with van der Waals surface area (Å²) in [7, 11) is 4.09. The average Bonchev–Trinajstić information content (AvgIpc) is 3.21. The van der Waals surface area contributed by atoms with Crippen molar-refractivity contribution >= 4 is 23.4 Å². The normalized spacial score (nSPS) is 13.2. The van der Waals surface area contributed by atoms with Crippen LogP contribution in [0.3, 0.4) is 0 Å². The van der Waals surface area contributed by atoms with E-state index in [1.807, 2.05) is 30.8 Å². The van der Waals surface area contributed by atoms with Crippen LogP contribution in [0.1, 0.15) is 50.5 Å². The minimum Gasteiger partial charge on any atom is -0.331 e. The second-order valence-corrected chi connectivity index (χ2v) is 9.16. The lowest BCUT2D eigenvalue weighted by Gasteiger charge is -2.18. The highest BCUT2D eigenvalue weighted by Crippen LogP contribution is 2.25. The van der Waals surface area contributed by atoms with Gasteiger partial charge in [0, 0.05) is 11.4 Å². The fourth-order valence-electron chi connectivity index (χ4n) is 3.20. The first-order chi connectivity index (χ1) is 15.3. The van der Waals surface area contributed by atoms with Crippen LogP contribution in [-0.2, 0) is 4.79 Å². The van der Waals surface area contributed by atoms with Crippen molar-refractivity contribution in [2.75, 3.05) is 25.2 Å². The summed E-state index contributed by atoms with van der Waals surface area (Å²) in [5.41, 5.74) is 2.80. The molecule has 1 heterocycles. The average molecular weight is 457 g/mol. The Morgan fingerprint density at radius 3 is 2.34 bits per heavy atom. The van der Waals surface area contributed by atoms with Crippen LogP contribution in [0.15, 0.2) is 53.7 Å². The quantitative estimate of drug-likeness (QED) is 0.480. The van der Waals surface area contributed by atoms with Crippen molar-refractivity contribution in [3.05, 3.63) is 65.7 Å². The Morgan fingerprint density at radius 2 is 1.75 bits per heavy atom. The van der Waals surface area contributed by atoms with E-state index in [0.717, 1.165) is 23.6 Å². The third kappa shape index (κ3) is 5.75. The zero-order chi connectivity index (χ0) is 23.3. The SMILES string of the molecule is CC[C@@H](C)c1ccc(NC(=O)CSc2nnc([C@H](C)[NH+](C)C)n2-c2ccc(F)cc2)cc1. The first-order valence-electron chi connectivity index (χ1n) is 10.8. The molecule has 6 nitrogen and oxygen atoms in total. The number of thioether (sulfide) groups is 1. The van der Waals surface area contributed by atoms with Crippen molar-refractivity contribution in [3.8, 4) is 5.69 Å². The van der Waals surface area contributed by atoms with Crippen LogP contribution >= 0.6 is 11.8 Å². The van der Waals surface area contributed by atoms with Gasteiger partial charge in [0.25, 0.3) is 0 Å². The first kappa shape index (κ1) is 23.9. The summed E-state index contributed by atoms with van der Waals surface area (Å²) in [6.07, 6.45) is 1.08. The number of quaternary nitrogens is 1. The summed E-state index contributed by atoms with van der Waals surface area (Å²) in [5.74, 6) is 1.03. The molecule has 0 bridgehead atoms. The molecule has 0 fully saturated rings. The highest BCUT2D eigenvalue weighted by atomic mass is 32.2. The van der Waals surface area contributed by atoms with Gasteiger partial charge in [0.05, 0.1) is 19.8 Å². The van der Waals surface area contributed by atoms with E-state index in [9.17, 15) is 9.18 Å². The monoisotopic (exact) mass is 456 g/mol. The third-order valence-corrected chi connectivity index (χ3v) is 6.63. The number of nitrogens with one attached hydrogen (secondary N) is 2. The van der Waals surface area contributed by atoms with Gasteiger partial charge in [-0.2, -0.15) is 0 Å². The number of halogens is 1. The topological polar surface area (TPSA) is 64.2 Å². The zero-order valence-electron chi connectivity index (χ0n) is 19.2. The largest absolute Gasteiger partial charge is 0.331 e. The second-order valence-electron chi connectivity index (χ2n) is 8.22. The van der Waals surface area contributed by atoms with Crippen molar-refractivity contribution in [1.82, 2.24) is 14.8 Å². The maximum Gasteiger partial charge on any atom is 0.234 e. The van der Waals surface area contributed by atoms with E-state index in [4.69, 9.17) is 0 Å². The van der Waals surface area contributed by atoms with Crippen molar-refractivity contribution in [2.24, 2.45) is 0 Å². The molecule has 0 saturated carbocycles. The molecular formula is C24H31FN5OS+. The molecule has 170 valence electrons. The fraction of sp³-hybridized carbons (Fsp3) is 0.375. The number of anilines is 1. The van der Waals surface area contributed by atoms with Gasteiger partial charge in [-0.25, -0.2) is 4.39 Å². The molecule has 3 rings (SSSR count). The lowest BCUT2D eigenvalue weighted by Crippen LogP contribution is -3.05. The van der Waals surface area contributed by atoms with Gasteiger partial charge in [0.15, 0.2) is 11.0 Å². The molecule has 0 spiro atoms. The van der Waals surface area contributed by atoms with Crippen LogP contribution < -0.4 is 10.2 Å². The van der Waals surface area contributed by atoms with Crippen LogP contribution in [0.2, 0.25) is 0 Å². The second kappa shape index (κ2) is 10.7. The predicted octanol–water partition coefficient (Wildman–Crippen LogP) is 3.86. The maximum atomic E-state index is 13.5. The molecule has 0 aliphatic carbocycles. The number of nitrogens with zero attached hydrogens (tertiary/aromatic N) is 3. The van der Waals surface area contributed by atoms with E-state index in [-0.39, 0.29) is 23.5 Å². The number of amides is 1. The van der Waals surface area contributed by atoms with Gasteiger partial charge in [-0.05, 0) is 61.2 Å². The molecule has 8 heteroatoms. The lowest BCUT2D eigenvalue weighted by molar-refractivity contribution is -0.890. The molecule has 1 aromatic heterocycles. The van der Waals surface area contributed by atoms with Gasteiger partial charge in [-0.3, -0.25) is 9.36 Å². The van der Waals surface area contributed by atoms with E-state index in [1.54, 1.807) is 12.1 Å². The molecule has 0 aliphatic heterocycles. The van der Waals surface area contributed by atoms with Gasteiger partial charge in [-0.1, -0.05) is 37.7 Å². The van der Waals surface area contributed by atoms with Crippen molar-refractivity contribution in [3.63, 3.8) is 0 Å². The van der Waals surface area contributed by atoms with Gasteiger partial charge >= 0.3 is 0 Å². The smallest absolute Gasteiger partial charge is 0.234 e. The lowest BCUT2D eigenvalue weighted by atomic mass is 9.99. The van der Waals surface area contributed by atoms with E-state index in [1.165, 1.54) is 34.4 Å². The van der Waals surface area contributed by atoms with Crippen LogP contribution in [0.5, 0.6) is 0 Å². The Labute approximate surface area is 193 Å². The fourth-order valence-corrected chi connectivity index (χ4v) is 3.96. The molecule has 0 radical (unpaired) electrons. The van der Waals surface area contributed by atoms with E-state index in [2.05, 4.69) is 48.4 Å². The van der Waals surface area contributed by atoms with Crippen LogP contribution in [-0.4, -0.2) is 40.5 Å². The van der Waals surface area contributed by atoms with Crippen LogP contribution in [0.25, 0.3) is 5.69 Å².